The number of hydrogen-bond donors (Lipinski definition) is 2. The zero-order valence-electron chi connectivity index (χ0n) is 18.4. The van der Waals surface area contributed by atoms with Gasteiger partial charge in [-0.1, -0.05) is 28.9 Å². The van der Waals surface area contributed by atoms with E-state index in [0.717, 1.165) is 17.0 Å². The molecule has 1 amide bonds. The molecule has 0 bridgehead atoms. The van der Waals surface area contributed by atoms with Gasteiger partial charge in [-0.3, -0.25) is 4.79 Å². The zero-order valence-corrected chi connectivity index (χ0v) is 20.0. The molecule has 0 unspecified atom stereocenters. The van der Waals surface area contributed by atoms with Gasteiger partial charge in [-0.2, -0.15) is 4.31 Å². The molecule has 0 spiro atoms. The predicted molar refractivity (Wildman–Crippen MR) is 134 cm³/mol. The fourth-order valence-corrected chi connectivity index (χ4v) is 5.90. The fraction of sp³-hybridized carbons (Fsp3) is 0.167. The molecule has 1 saturated heterocycles. The minimum absolute atomic E-state index is 0.00731. The van der Waals surface area contributed by atoms with E-state index in [0.29, 0.717) is 27.2 Å². The van der Waals surface area contributed by atoms with Crippen LogP contribution in [0.3, 0.4) is 0 Å². The molecule has 0 radical (unpaired) electrons. The largest absolute Gasteiger partial charge is 0.450 e. The second-order valence-electron chi connectivity index (χ2n) is 8.19. The lowest BCUT2D eigenvalue weighted by Gasteiger charge is -2.33. The van der Waals surface area contributed by atoms with Gasteiger partial charge in [0.1, 0.15) is 5.58 Å². The number of nitrogen functional groups attached to an aromatic ring is 1. The zero-order chi connectivity index (χ0) is 24.7. The third-order valence-corrected chi connectivity index (χ3v) is 8.20. The first-order valence-corrected chi connectivity index (χ1v) is 12.6. The van der Waals surface area contributed by atoms with Crippen LogP contribution in [0.4, 0.5) is 5.69 Å². The second kappa shape index (κ2) is 8.88. The first-order chi connectivity index (χ1) is 16.8. The van der Waals surface area contributed by atoms with Crippen molar-refractivity contribution in [2.24, 2.45) is 5.16 Å². The lowest BCUT2D eigenvalue weighted by atomic mass is 10.1. The molecule has 35 heavy (non-hydrogen) atoms. The molecule has 1 aliphatic heterocycles. The van der Waals surface area contributed by atoms with Crippen LogP contribution in [0.1, 0.15) is 16.1 Å². The average Bonchev–Trinajstić information content (AvgIpc) is 3.20. The normalized spacial score (nSPS) is 15.4. The average molecular weight is 513 g/mol. The number of oxime groups is 1. The molecule has 3 N–H and O–H groups in total. The Hall–Kier alpha value is -3.60. The Morgan fingerprint density at radius 3 is 2.49 bits per heavy atom. The summed E-state index contributed by atoms with van der Waals surface area (Å²) in [7, 11) is -3.75. The minimum Gasteiger partial charge on any atom is -0.450 e. The summed E-state index contributed by atoms with van der Waals surface area (Å²) in [6.45, 7) is 0.610. The van der Waals surface area contributed by atoms with Crippen LogP contribution >= 0.6 is 11.6 Å². The molecule has 4 aromatic rings. The Balaban J connectivity index is 1.36. The highest BCUT2D eigenvalue weighted by atomic mass is 35.5. The molecule has 180 valence electrons. The Bertz CT molecular complexity index is 1590. The monoisotopic (exact) mass is 512 g/mol. The first-order valence-electron chi connectivity index (χ1n) is 10.8. The van der Waals surface area contributed by atoms with Crippen molar-refractivity contribution in [2.45, 2.75) is 4.90 Å². The highest BCUT2D eigenvalue weighted by molar-refractivity contribution is 7.89. The molecule has 5 rings (SSSR count). The lowest BCUT2D eigenvalue weighted by molar-refractivity contribution is 0.0668. The Labute approximate surface area is 206 Å². The highest BCUT2D eigenvalue weighted by Crippen LogP contribution is 2.29. The SMILES string of the molecule is Nc1ccc2c(/C=N\O)c(C(=O)N3CCN(S(=O)(=O)c4ccc5cc(Cl)ccc5c4)CC3)oc2c1. The molecule has 3 aromatic carbocycles. The maximum Gasteiger partial charge on any atom is 0.290 e. The van der Waals surface area contributed by atoms with Gasteiger partial charge in [0.05, 0.1) is 16.7 Å². The van der Waals surface area contributed by atoms with Gasteiger partial charge in [0.15, 0.2) is 0 Å². The van der Waals surface area contributed by atoms with Crippen LogP contribution in [-0.2, 0) is 10.0 Å². The van der Waals surface area contributed by atoms with Gasteiger partial charge in [0.25, 0.3) is 5.91 Å². The third-order valence-electron chi connectivity index (χ3n) is 6.07. The smallest absolute Gasteiger partial charge is 0.290 e. The molecule has 0 saturated carbocycles. The minimum atomic E-state index is -3.75. The van der Waals surface area contributed by atoms with Gasteiger partial charge in [-0.25, -0.2) is 8.42 Å². The van der Waals surface area contributed by atoms with E-state index >= 15 is 0 Å². The van der Waals surface area contributed by atoms with Crippen molar-refractivity contribution >= 4 is 61.2 Å². The molecule has 9 nitrogen and oxygen atoms in total. The van der Waals surface area contributed by atoms with Crippen molar-refractivity contribution < 1.29 is 22.8 Å². The topological polar surface area (TPSA) is 129 Å². The van der Waals surface area contributed by atoms with Gasteiger partial charge in [0, 0.05) is 48.3 Å². The molecule has 2 heterocycles. The van der Waals surface area contributed by atoms with Crippen molar-refractivity contribution in [1.82, 2.24) is 9.21 Å². The number of carbonyl (C=O) groups excluding carboxylic acids is 1. The summed E-state index contributed by atoms with van der Waals surface area (Å²) in [6, 6.07) is 15.1. The van der Waals surface area contributed by atoms with Gasteiger partial charge >= 0.3 is 0 Å². The van der Waals surface area contributed by atoms with Crippen molar-refractivity contribution in [3.63, 3.8) is 0 Å². The van der Waals surface area contributed by atoms with E-state index in [2.05, 4.69) is 5.16 Å². The van der Waals surface area contributed by atoms with Gasteiger partial charge in [-0.05, 0) is 47.2 Å². The number of sulfonamides is 1. The molecule has 0 atom stereocenters. The van der Waals surface area contributed by atoms with Crippen LogP contribution in [0.2, 0.25) is 5.02 Å². The Morgan fingerprint density at radius 1 is 1.03 bits per heavy atom. The van der Waals surface area contributed by atoms with E-state index < -0.39 is 15.9 Å². The maximum atomic E-state index is 13.3. The standard InChI is InChI=1S/C24H21ClN4O5S/c25-17-3-1-16-12-19(5-2-15(16)11-17)35(32,33)29-9-7-28(8-10-29)24(30)23-21(14-27-31)20-6-4-18(26)13-22(20)34-23/h1-6,11-14,31H,7-10,26H2/b27-14-. The van der Waals surface area contributed by atoms with Crippen LogP contribution in [-0.4, -0.2) is 61.1 Å². The van der Waals surface area contributed by atoms with Crippen molar-refractivity contribution in [3.8, 4) is 0 Å². The number of piperazine rings is 1. The summed E-state index contributed by atoms with van der Waals surface area (Å²) in [5, 5.41) is 14.9. The number of furan rings is 1. The van der Waals surface area contributed by atoms with E-state index in [1.807, 2.05) is 0 Å². The van der Waals surface area contributed by atoms with Gasteiger partial charge in [0.2, 0.25) is 15.8 Å². The first kappa shape index (κ1) is 23.2. The van der Waals surface area contributed by atoms with E-state index in [1.54, 1.807) is 54.6 Å². The molecule has 1 aromatic heterocycles. The summed E-state index contributed by atoms with van der Waals surface area (Å²) in [4.78, 5) is 14.9. The van der Waals surface area contributed by atoms with E-state index in [1.165, 1.54) is 9.21 Å². The summed E-state index contributed by atoms with van der Waals surface area (Å²) < 4.78 is 33.6. The summed E-state index contributed by atoms with van der Waals surface area (Å²) >= 11 is 6.02. The van der Waals surface area contributed by atoms with E-state index in [-0.39, 0.29) is 36.8 Å². The van der Waals surface area contributed by atoms with Crippen LogP contribution in [0.15, 0.2) is 69.1 Å². The Morgan fingerprint density at radius 2 is 1.74 bits per heavy atom. The second-order valence-corrected chi connectivity index (χ2v) is 10.6. The van der Waals surface area contributed by atoms with Crippen molar-refractivity contribution in [1.29, 1.82) is 0 Å². The number of anilines is 1. The number of fused-ring (bicyclic) bond motifs is 2. The number of hydrogen-bond acceptors (Lipinski definition) is 7. The summed E-state index contributed by atoms with van der Waals surface area (Å²) in [6.07, 6.45) is 1.14. The number of benzene rings is 3. The van der Waals surface area contributed by atoms with Crippen LogP contribution < -0.4 is 5.73 Å². The van der Waals surface area contributed by atoms with Gasteiger partial charge in [-0.15, -0.1) is 0 Å². The number of nitrogens with two attached hydrogens (primary N) is 1. The summed E-state index contributed by atoms with van der Waals surface area (Å²) in [5.41, 5.74) is 7.00. The highest BCUT2D eigenvalue weighted by Gasteiger charge is 2.32. The van der Waals surface area contributed by atoms with E-state index in [4.69, 9.17) is 27.0 Å². The van der Waals surface area contributed by atoms with Gasteiger partial charge < -0.3 is 20.3 Å². The Kier molecular flexibility index (Phi) is 5.87. The molecule has 1 aliphatic rings. The van der Waals surface area contributed by atoms with Crippen molar-refractivity contribution in [2.75, 3.05) is 31.9 Å². The molecule has 1 fully saturated rings. The number of rotatable bonds is 4. The van der Waals surface area contributed by atoms with Crippen LogP contribution in [0.25, 0.3) is 21.7 Å². The maximum absolute atomic E-state index is 13.3. The number of halogens is 1. The quantitative estimate of drug-likeness (QED) is 0.185. The molecule has 0 aliphatic carbocycles. The molecule has 11 heteroatoms. The molecular formula is C24H21ClN4O5S. The number of carbonyl (C=O) groups is 1. The number of amides is 1. The molecular weight excluding hydrogens is 492 g/mol. The fourth-order valence-electron chi connectivity index (χ4n) is 4.26. The van der Waals surface area contributed by atoms with Crippen LogP contribution in [0, 0.1) is 0 Å². The predicted octanol–water partition coefficient (Wildman–Crippen LogP) is 3.78. The summed E-state index contributed by atoms with van der Waals surface area (Å²) in [5.74, 6) is -0.415. The van der Waals surface area contributed by atoms with E-state index in [9.17, 15) is 13.2 Å². The third kappa shape index (κ3) is 4.20. The van der Waals surface area contributed by atoms with Crippen molar-refractivity contribution in [3.05, 3.63) is 70.9 Å². The lowest BCUT2D eigenvalue weighted by Crippen LogP contribution is -2.50. The van der Waals surface area contributed by atoms with Crippen LogP contribution in [0.5, 0.6) is 0 Å². The number of nitrogens with zero attached hydrogens (tertiary/aromatic N) is 3.